The molecule has 15 heavy (non-hydrogen) atoms. The molecule has 1 nitrogen and oxygen atoms in total. The van der Waals surface area contributed by atoms with E-state index < -0.39 is 0 Å². The van der Waals surface area contributed by atoms with Crippen molar-refractivity contribution in [3.63, 3.8) is 0 Å². The summed E-state index contributed by atoms with van der Waals surface area (Å²) in [6.45, 7) is 10.6. The second kappa shape index (κ2) is 4.08. The molecule has 1 aliphatic heterocycles. The van der Waals surface area contributed by atoms with Crippen LogP contribution in [0.5, 0.6) is 0 Å². The lowest BCUT2D eigenvalue weighted by molar-refractivity contribution is -0.109. The van der Waals surface area contributed by atoms with Crippen LogP contribution in [0.25, 0.3) is 0 Å². The second-order valence-corrected chi connectivity index (χ2v) is 6.39. The average Bonchev–Trinajstić information content (AvgIpc) is 2.17. The van der Waals surface area contributed by atoms with Crippen LogP contribution < -0.4 is 0 Å². The van der Waals surface area contributed by atoms with Gasteiger partial charge in [-0.2, -0.15) is 0 Å². The molecule has 1 saturated heterocycles. The molecule has 0 aromatic rings. The lowest BCUT2D eigenvalue weighted by Crippen LogP contribution is -2.45. The van der Waals surface area contributed by atoms with E-state index in [1.54, 1.807) is 0 Å². The van der Waals surface area contributed by atoms with Crippen LogP contribution in [0, 0.1) is 23.2 Å². The maximum atomic E-state index is 6.00. The third-order valence-electron chi connectivity index (χ3n) is 5.22. The molecule has 4 atom stereocenters. The SMILES string of the molecule is CC1CCOC2CC(C)(C(C)C)CCC12. The number of fused-ring (bicyclic) bond motifs is 1. The predicted molar refractivity (Wildman–Crippen MR) is 63.8 cm³/mol. The molecule has 1 aliphatic carbocycles. The highest BCUT2D eigenvalue weighted by molar-refractivity contribution is 4.93. The zero-order valence-corrected chi connectivity index (χ0v) is 10.8. The molecule has 0 aromatic heterocycles. The number of ether oxygens (including phenoxy) is 1. The van der Waals surface area contributed by atoms with Crippen LogP contribution in [0.1, 0.15) is 53.4 Å². The van der Waals surface area contributed by atoms with Crippen molar-refractivity contribution in [1.29, 1.82) is 0 Å². The normalized spacial score (nSPS) is 46.6. The summed E-state index contributed by atoms with van der Waals surface area (Å²) in [5.74, 6) is 2.53. The van der Waals surface area contributed by atoms with Gasteiger partial charge in [0.2, 0.25) is 0 Å². The van der Waals surface area contributed by atoms with E-state index in [4.69, 9.17) is 4.74 Å². The fourth-order valence-corrected chi connectivity index (χ4v) is 3.37. The molecule has 2 fully saturated rings. The summed E-state index contributed by atoms with van der Waals surface area (Å²) in [6.07, 6.45) is 5.93. The summed E-state index contributed by atoms with van der Waals surface area (Å²) in [5, 5.41) is 0. The van der Waals surface area contributed by atoms with E-state index >= 15 is 0 Å². The van der Waals surface area contributed by atoms with Gasteiger partial charge >= 0.3 is 0 Å². The van der Waals surface area contributed by atoms with Crippen LogP contribution >= 0.6 is 0 Å². The number of hydrogen-bond acceptors (Lipinski definition) is 1. The van der Waals surface area contributed by atoms with Gasteiger partial charge in [0.25, 0.3) is 0 Å². The van der Waals surface area contributed by atoms with Crippen LogP contribution in [0.4, 0.5) is 0 Å². The van der Waals surface area contributed by atoms with Gasteiger partial charge in [0.1, 0.15) is 0 Å². The van der Waals surface area contributed by atoms with E-state index in [-0.39, 0.29) is 0 Å². The van der Waals surface area contributed by atoms with Crippen molar-refractivity contribution in [3.8, 4) is 0 Å². The Morgan fingerprint density at radius 2 is 2.00 bits per heavy atom. The van der Waals surface area contributed by atoms with Gasteiger partial charge in [0.05, 0.1) is 6.10 Å². The molecule has 1 heterocycles. The van der Waals surface area contributed by atoms with E-state index in [1.807, 2.05) is 0 Å². The maximum Gasteiger partial charge on any atom is 0.0611 e. The predicted octanol–water partition coefficient (Wildman–Crippen LogP) is 3.87. The summed E-state index contributed by atoms with van der Waals surface area (Å²) in [5.41, 5.74) is 0.526. The third-order valence-corrected chi connectivity index (χ3v) is 5.22. The molecular weight excluding hydrogens is 184 g/mol. The molecule has 0 spiro atoms. The molecule has 0 radical (unpaired) electrons. The topological polar surface area (TPSA) is 9.23 Å². The Balaban J connectivity index is 2.05. The highest BCUT2D eigenvalue weighted by Crippen LogP contribution is 2.48. The summed E-state index contributed by atoms with van der Waals surface area (Å²) in [7, 11) is 0. The first-order valence-corrected chi connectivity index (χ1v) is 6.64. The Hall–Kier alpha value is -0.0400. The maximum absolute atomic E-state index is 6.00. The van der Waals surface area contributed by atoms with Gasteiger partial charge in [-0.15, -0.1) is 0 Å². The van der Waals surface area contributed by atoms with Crippen LogP contribution in [0.3, 0.4) is 0 Å². The minimum Gasteiger partial charge on any atom is -0.378 e. The first-order chi connectivity index (χ1) is 7.03. The first-order valence-electron chi connectivity index (χ1n) is 6.64. The van der Waals surface area contributed by atoms with Crippen LogP contribution in [-0.4, -0.2) is 12.7 Å². The molecule has 0 bridgehead atoms. The number of rotatable bonds is 1. The van der Waals surface area contributed by atoms with Crippen LogP contribution in [-0.2, 0) is 4.74 Å². The fourth-order valence-electron chi connectivity index (χ4n) is 3.37. The minimum atomic E-state index is 0.526. The van der Waals surface area contributed by atoms with E-state index in [0.717, 1.165) is 24.4 Å². The molecule has 0 amide bonds. The molecule has 2 aliphatic rings. The monoisotopic (exact) mass is 210 g/mol. The van der Waals surface area contributed by atoms with Crippen molar-refractivity contribution in [2.75, 3.05) is 6.61 Å². The molecule has 0 N–H and O–H groups in total. The minimum absolute atomic E-state index is 0.526. The molecule has 2 rings (SSSR count). The fraction of sp³-hybridized carbons (Fsp3) is 1.00. The van der Waals surface area contributed by atoms with E-state index in [0.29, 0.717) is 11.5 Å². The number of hydrogen-bond donors (Lipinski definition) is 0. The van der Waals surface area contributed by atoms with Crippen molar-refractivity contribution >= 4 is 0 Å². The lowest BCUT2D eigenvalue weighted by atomic mass is 9.62. The molecule has 1 saturated carbocycles. The van der Waals surface area contributed by atoms with Gasteiger partial charge in [0, 0.05) is 6.61 Å². The van der Waals surface area contributed by atoms with E-state index in [9.17, 15) is 0 Å². The van der Waals surface area contributed by atoms with Crippen molar-refractivity contribution in [2.24, 2.45) is 23.2 Å². The smallest absolute Gasteiger partial charge is 0.0611 e. The van der Waals surface area contributed by atoms with Crippen molar-refractivity contribution < 1.29 is 4.74 Å². The summed E-state index contributed by atoms with van der Waals surface area (Å²) < 4.78 is 6.00. The van der Waals surface area contributed by atoms with E-state index in [2.05, 4.69) is 27.7 Å². The van der Waals surface area contributed by atoms with Gasteiger partial charge < -0.3 is 4.74 Å². The second-order valence-electron chi connectivity index (χ2n) is 6.39. The third kappa shape index (κ3) is 2.08. The molecule has 88 valence electrons. The van der Waals surface area contributed by atoms with Crippen LogP contribution in [0.15, 0.2) is 0 Å². The zero-order valence-electron chi connectivity index (χ0n) is 10.8. The Morgan fingerprint density at radius 3 is 2.67 bits per heavy atom. The standard InChI is InChI=1S/C14H26O/c1-10(2)14(4)7-5-12-11(3)6-8-15-13(12)9-14/h10-13H,5-9H2,1-4H3. The Bertz CT molecular complexity index is 223. The Labute approximate surface area is 94.6 Å². The quantitative estimate of drug-likeness (QED) is 0.638. The summed E-state index contributed by atoms with van der Waals surface area (Å²) in [6, 6.07) is 0. The van der Waals surface area contributed by atoms with Crippen molar-refractivity contribution in [1.82, 2.24) is 0 Å². The Kier molecular flexibility index (Phi) is 3.12. The molecular formula is C14H26O. The van der Waals surface area contributed by atoms with Gasteiger partial charge in [0.15, 0.2) is 0 Å². The highest BCUT2D eigenvalue weighted by atomic mass is 16.5. The van der Waals surface area contributed by atoms with Gasteiger partial charge in [-0.3, -0.25) is 0 Å². The average molecular weight is 210 g/mol. The van der Waals surface area contributed by atoms with Gasteiger partial charge in [-0.1, -0.05) is 27.7 Å². The molecule has 4 unspecified atom stereocenters. The van der Waals surface area contributed by atoms with Crippen LogP contribution in [0.2, 0.25) is 0 Å². The summed E-state index contributed by atoms with van der Waals surface area (Å²) >= 11 is 0. The van der Waals surface area contributed by atoms with Gasteiger partial charge in [-0.25, -0.2) is 0 Å². The first kappa shape index (κ1) is 11.4. The zero-order chi connectivity index (χ0) is 11.1. The Morgan fingerprint density at radius 1 is 1.27 bits per heavy atom. The highest BCUT2D eigenvalue weighted by Gasteiger charge is 2.43. The summed E-state index contributed by atoms with van der Waals surface area (Å²) in [4.78, 5) is 0. The molecule has 0 aromatic carbocycles. The molecule has 1 heteroatoms. The van der Waals surface area contributed by atoms with Crippen molar-refractivity contribution in [2.45, 2.75) is 59.5 Å². The largest absolute Gasteiger partial charge is 0.378 e. The van der Waals surface area contributed by atoms with E-state index in [1.165, 1.54) is 25.7 Å². The van der Waals surface area contributed by atoms with Gasteiger partial charge in [-0.05, 0) is 48.9 Å². The van der Waals surface area contributed by atoms with Crippen molar-refractivity contribution in [3.05, 3.63) is 0 Å². The lowest BCUT2D eigenvalue weighted by Gasteiger charge is -2.48.